The number of rotatable bonds is 4. The van der Waals surface area contributed by atoms with Crippen molar-refractivity contribution in [1.82, 2.24) is 5.32 Å². The molecule has 0 aliphatic carbocycles. The number of carbonyl (C=O) groups excluding carboxylic acids is 1. The van der Waals surface area contributed by atoms with Crippen LogP contribution >= 0.6 is 0 Å². The van der Waals surface area contributed by atoms with E-state index in [0.717, 1.165) is 6.07 Å². The van der Waals surface area contributed by atoms with Crippen LogP contribution in [0.25, 0.3) is 11.0 Å². The van der Waals surface area contributed by atoms with Crippen molar-refractivity contribution < 1.29 is 18.0 Å². The summed E-state index contributed by atoms with van der Waals surface area (Å²) in [6, 6.07) is 1.91. The molecule has 0 spiro atoms. The second kappa shape index (κ2) is 4.86. The molecule has 1 aromatic heterocycles. The van der Waals surface area contributed by atoms with Crippen molar-refractivity contribution in [1.29, 1.82) is 0 Å². The number of Topliss-reactive ketones (excluding diaryl/α,β-unsaturated/α-hetero) is 1. The van der Waals surface area contributed by atoms with Gasteiger partial charge in [0.05, 0.1) is 17.9 Å². The first-order valence-electron chi connectivity index (χ1n) is 5.69. The maximum absolute atomic E-state index is 14.0. The summed E-state index contributed by atoms with van der Waals surface area (Å²) in [7, 11) is 0. The second-order valence-corrected chi connectivity index (χ2v) is 4.03. The largest absolute Gasteiger partial charge is 0.461 e. The molecule has 2 rings (SSSR count). The fourth-order valence-corrected chi connectivity index (χ4v) is 1.88. The molecule has 1 unspecified atom stereocenters. The van der Waals surface area contributed by atoms with Crippen molar-refractivity contribution >= 4 is 16.8 Å². The number of halogens is 2. The number of fused-ring (bicyclic) bond motifs is 1. The van der Waals surface area contributed by atoms with E-state index < -0.39 is 29.0 Å². The highest BCUT2D eigenvalue weighted by Gasteiger charge is 2.25. The van der Waals surface area contributed by atoms with E-state index in [2.05, 4.69) is 5.32 Å². The maximum Gasteiger partial charge on any atom is 0.185 e. The molecule has 0 radical (unpaired) electrons. The van der Waals surface area contributed by atoms with Crippen LogP contribution in [0, 0.1) is 11.6 Å². The fourth-order valence-electron chi connectivity index (χ4n) is 1.88. The van der Waals surface area contributed by atoms with Crippen molar-refractivity contribution in [2.24, 2.45) is 0 Å². The number of furan rings is 1. The van der Waals surface area contributed by atoms with Crippen molar-refractivity contribution in [3.05, 3.63) is 35.6 Å². The lowest BCUT2D eigenvalue weighted by Gasteiger charge is -2.12. The van der Waals surface area contributed by atoms with Gasteiger partial charge in [-0.25, -0.2) is 8.78 Å². The fraction of sp³-hybridized carbons (Fsp3) is 0.308. The summed E-state index contributed by atoms with van der Waals surface area (Å²) in [6.45, 7) is 3.92. The second-order valence-electron chi connectivity index (χ2n) is 4.03. The lowest BCUT2D eigenvalue weighted by atomic mass is 10.0. The van der Waals surface area contributed by atoms with Gasteiger partial charge >= 0.3 is 0 Å². The predicted octanol–water partition coefficient (Wildman–Crippen LogP) is 2.89. The van der Waals surface area contributed by atoms with Gasteiger partial charge in [0.2, 0.25) is 0 Å². The number of carbonyl (C=O) groups is 1. The molecule has 0 saturated heterocycles. The van der Waals surface area contributed by atoms with Crippen LogP contribution in [-0.4, -0.2) is 18.4 Å². The molecule has 0 saturated carbocycles. The lowest BCUT2D eigenvalue weighted by Crippen LogP contribution is -2.34. The Hall–Kier alpha value is -1.75. The molecule has 1 N–H and O–H groups in total. The quantitative estimate of drug-likeness (QED) is 0.852. The van der Waals surface area contributed by atoms with Gasteiger partial charge in [-0.05, 0) is 25.6 Å². The molecule has 0 aliphatic heterocycles. The third-order valence-corrected chi connectivity index (χ3v) is 2.79. The number of nitrogens with one attached hydrogen (secondary N) is 1. The molecule has 0 bridgehead atoms. The van der Waals surface area contributed by atoms with Crippen molar-refractivity contribution in [3.63, 3.8) is 0 Å². The summed E-state index contributed by atoms with van der Waals surface area (Å²) < 4.78 is 32.7. The molecule has 3 nitrogen and oxygen atoms in total. The van der Waals surface area contributed by atoms with E-state index in [1.54, 1.807) is 6.92 Å². The first-order valence-corrected chi connectivity index (χ1v) is 5.69. The summed E-state index contributed by atoms with van der Waals surface area (Å²) in [5.74, 6) is -2.42. The third kappa shape index (κ3) is 2.01. The van der Waals surface area contributed by atoms with Crippen LogP contribution in [0.2, 0.25) is 0 Å². The zero-order valence-corrected chi connectivity index (χ0v) is 10.1. The molecule has 0 fully saturated rings. The zero-order valence-electron chi connectivity index (χ0n) is 10.1. The van der Waals surface area contributed by atoms with E-state index in [1.165, 1.54) is 12.3 Å². The molecule has 2 aromatic rings. The van der Waals surface area contributed by atoms with Crippen LogP contribution in [0.15, 0.2) is 22.8 Å². The van der Waals surface area contributed by atoms with E-state index in [9.17, 15) is 13.6 Å². The highest BCUT2D eigenvalue weighted by Crippen LogP contribution is 2.25. The minimum absolute atomic E-state index is 0.0940. The van der Waals surface area contributed by atoms with Gasteiger partial charge in [-0.1, -0.05) is 6.92 Å². The molecule has 96 valence electrons. The summed E-state index contributed by atoms with van der Waals surface area (Å²) in [6.07, 6.45) is 1.26. The SMILES string of the molecule is CCNC(C)C(=O)c1c(F)cc2ccoc2c1F. The van der Waals surface area contributed by atoms with Crippen LogP contribution in [0.5, 0.6) is 0 Å². The summed E-state index contributed by atoms with van der Waals surface area (Å²) >= 11 is 0. The van der Waals surface area contributed by atoms with Crippen LogP contribution < -0.4 is 5.32 Å². The van der Waals surface area contributed by atoms with Crippen LogP contribution in [0.4, 0.5) is 8.78 Å². The Labute approximate surface area is 103 Å². The van der Waals surface area contributed by atoms with E-state index in [1.807, 2.05) is 6.92 Å². The summed E-state index contributed by atoms with van der Waals surface area (Å²) in [5.41, 5.74) is -0.644. The van der Waals surface area contributed by atoms with Gasteiger partial charge in [0, 0.05) is 5.39 Å². The van der Waals surface area contributed by atoms with E-state index in [-0.39, 0.29) is 5.58 Å². The molecule has 18 heavy (non-hydrogen) atoms. The molecule has 1 heterocycles. The van der Waals surface area contributed by atoms with Gasteiger partial charge in [0.15, 0.2) is 17.2 Å². The molecule has 0 amide bonds. The highest BCUT2D eigenvalue weighted by molar-refractivity contribution is 6.02. The average molecular weight is 253 g/mol. The number of ketones is 1. The standard InChI is InChI=1S/C13H13F2NO2/c1-3-16-7(2)12(17)10-9(14)6-8-4-5-18-13(8)11(10)15/h4-7,16H,3H2,1-2H3. The van der Waals surface area contributed by atoms with Crippen molar-refractivity contribution in [3.8, 4) is 0 Å². The number of hydrogen-bond acceptors (Lipinski definition) is 3. The minimum atomic E-state index is -0.940. The number of likely N-dealkylation sites (N-methyl/N-ethyl adjacent to an activating group) is 1. The number of benzene rings is 1. The molecule has 0 aliphatic rings. The van der Waals surface area contributed by atoms with Gasteiger partial charge in [-0.3, -0.25) is 4.79 Å². The Bertz CT molecular complexity index is 592. The van der Waals surface area contributed by atoms with Crippen molar-refractivity contribution in [2.75, 3.05) is 6.54 Å². The molecular weight excluding hydrogens is 240 g/mol. The van der Waals surface area contributed by atoms with Gasteiger partial charge in [-0.15, -0.1) is 0 Å². The summed E-state index contributed by atoms with van der Waals surface area (Å²) in [4.78, 5) is 12.0. The van der Waals surface area contributed by atoms with E-state index in [0.29, 0.717) is 11.9 Å². The molecular formula is C13H13F2NO2. The highest BCUT2D eigenvalue weighted by atomic mass is 19.1. The van der Waals surface area contributed by atoms with Crippen LogP contribution in [0.1, 0.15) is 24.2 Å². The minimum Gasteiger partial charge on any atom is -0.461 e. The third-order valence-electron chi connectivity index (χ3n) is 2.79. The Morgan fingerprint density at radius 2 is 2.22 bits per heavy atom. The molecule has 1 atom stereocenters. The van der Waals surface area contributed by atoms with Gasteiger partial charge in [0.1, 0.15) is 5.82 Å². The normalized spacial score (nSPS) is 12.9. The monoisotopic (exact) mass is 253 g/mol. The van der Waals surface area contributed by atoms with Crippen LogP contribution in [-0.2, 0) is 0 Å². The van der Waals surface area contributed by atoms with Gasteiger partial charge in [-0.2, -0.15) is 0 Å². The van der Waals surface area contributed by atoms with Gasteiger partial charge in [0.25, 0.3) is 0 Å². The Morgan fingerprint density at radius 1 is 1.50 bits per heavy atom. The maximum atomic E-state index is 14.0. The van der Waals surface area contributed by atoms with Crippen LogP contribution in [0.3, 0.4) is 0 Å². The Morgan fingerprint density at radius 3 is 2.89 bits per heavy atom. The van der Waals surface area contributed by atoms with Gasteiger partial charge < -0.3 is 9.73 Å². The average Bonchev–Trinajstić information content (AvgIpc) is 2.77. The molecule has 1 aromatic carbocycles. The summed E-state index contributed by atoms with van der Waals surface area (Å²) in [5, 5.41) is 3.13. The zero-order chi connectivity index (χ0) is 13.3. The lowest BCUT2D eigenvalue weighted by molar-refractivity contribution is 0.0943. The number of hydrogen-bond donors (Lipinski definition) is 1. The van der Waals surface area contributed by atoms with E-state index >= 15 is 0 Å². The smallest absolute Gasteiger partial charge is 0.185 e. The Kier molecular flexibility index (Phi) is 3.43. The first kappa shape index (κ1) is 12.7. The van der Waals surface area contributed by atoms with Crippen molar-refractivity contribution in [2.45, 2.75) is 19.9 Å². The molecule has 5 heteroatoms. The topological polar surface area (TPSA) is 42.2 Å². The predicted molar refractivity (Wildman–Crippen MR) is 63.6 cm³/mol. The first-order chi connectivity index (χ1) is 8.56. The van der Waals surface area contributed by atoms with E-state index in [4.69, 9.17) is 4.42 Å². The Balaban J connectivity index is 2.53.